The van der Waals surface area contributed by atoms with Gasteiger partial charge in [-0.05, 0) is 74.0 Å². The van der Waals surface area contributed by atoms with Crippen LogP contribution in [0.25, 0.3) is 11.8 Å². The third-order valence-electron chi connectivity index (χ3n) is 4.54. The van der Waals surface area contributed by atoms with Crippen LogP contribution in [0.1, 0.15) is 31.5 Å². The zero-order valence-electron chi connectivity index (χ0n) is 15.4. The summed E-state index contributed by atoms with van der Waals surface area (Å²) in [6, 6.07) is 9.69. The molecular weight excluding hydrogens is 348 g/mol. The van der Waals surface area contributed by atoms with E-state index in [0.29, 0.717) is 4.91 Å². The van der Waals surface area contributed by atoms with Gasteiger partial charge in [0.25, 0.3) is 11.1 Å². The number of carbonyl (C=O) groups excluding carboxylic acids is 2. The molecule has 3 rings (SSSR count). The first kappa shape index (κ1) is 18.3. The van der Waals surface area contributed by atoms with Gasteiger partial charge < -0.3 is 9.30 Å². The minimum atomic E-state index is -0.204. The first-order valence-corrected chi connectivity index (χ1v) is 9.36. The highest BCUT2D eigenvalue weighted by molar-refractivity contribution is 8.18. The summed E-state index contributed by atoms with van der Waals surface area (Å²) < 4.78 is 7.24. The molecule has 1 atom stereocenters. The van der Waals surface area contributed by atoms with E-state index in [-0.39, 0.29) is 17.2 Å². The van der Waals surface area contributed by atoms with Crippen LogP contribution in [0, 0.1) is 6.92 Å². The van der Waals surface area contributed by atoms with Crippen molar-refractivity contribution in [3.8, 4) is 11.4 Å². The monoisotopic (exact) mass is 370 g/mol. The highest BCUT2D eigenvalue weighted by Gasteiger charge is 2.37. The first-order chi connectivity index (χ1) is 12.4. The number of amides is 2. The molecule has 6 heteroatoms. The van der Waals surface area contributed by atoms with Gasteiger partial charge in [-0.2, -0.15) is 0 Å². The first-order valence-electron chi connectivity index (χ1n) is 8.55. The molecule has 1 aromatic heterocycles. The van der Waals surface area contributed by atoms with Gasteiger partial charge in [0.2, 0.25) is 0 Å². The summed E-state index contributed by atoms with van der Waals surface area (Å²) >= 11 is 1.01. The molecule has 0 spiro atoms. The Balaban J connectivity index is 1.88. The second-order valence-electron chi connectivity index (χ2n) is 6.29. The molecule has 2 amide bonds. The third-order valence-corrected chi connectivity index (χ3v) is 5.42. The van der Waals surface area contributed by atoms with Crippen molar-refractivity contribution in [2.24, 2.45) is 0 Å². The standard InChI is InChI=1S/C20H22N2O3S/c1-5-13(2)22-19(23)18(26-20(22)24)11-15-10-14(3)21(12-15)16-6-8-17(25-4)9-7-16/h6-13H,5H2,1-4H3/b18-11-. The normalized spacial score (nSPS) is 17.2. The fourth-order valence-corrected chi connectivity index (χ4v) is 3.82. The fourth-order valence-electron chi connectivity index (χ4n) is 2.89. The lowest BCUT2D eigenvalue weighted by molar-refractivity contribution is -0.124. The Labute approximate surface area is 157 Å². The van der Waals surface area contributed by atoms with Gasteiger partial charge in [-0.3, -0.25) is 14.5 Å². The van der Waals surface area contributed by atoms with Gasteiger partial charge in [0.1, 0.15) is 5.75 Å². The van der Waals surface area contributed by atoms with E-state index in [0.717, 1.165) is 40.9 Å². The quantitative estimate of drug-likeness (QED) is 0.720. The number of methoxy groups -OCH3 is 1. The molecule has 0 radical (unpaired) electrons. The van der Waals surface area contributed by atoms with E-state index in [1.165, 1.54) is 4.90 Å². The maximum Gasteiger partial charge on any atom is 0.293 e. The van der Waals surface area contributed by atoms with E-state index in [2.05, 4.69) is 0 Å². The van der Waals surface area contributed by atoms with Crippen molar-refractivity contribution in [3.05, 3.63) is 52.7 Å². The predicted molar refractivity (Wildman–Crippen MR) is 105 cm³/mol. The number of hydrogen-bond acceptors (Lipinski definition) is 4. The molecule has 1 aliphatic heterocycles. The Bertz CT molecular complexity index is 868. The minimum Gasteiger partial charge on any atom is -0.497 e. The maximum absolute atomic E-state index is 12.5. The number of hydrogen-bond donors (Lipinski definition) is 0. The number of benzene rings is 1. The molecule has 0 saturated carbocycles. The van der Waals surface area contributed by atoms with E-state index in [1.54, 1.807) is 13.2 Å². The maximum atomic E-state index is 12.5. The average Bonchev–Trinajstić information content (AvgIpc) is 3.14. The van der Waals surface area contributed by atoms with E-state index in [1.807, 2.05) is 61.9 Å². The summed E-state index contributed by atoms with van der Waals surface area (Å²) in [4.78, 5) is 26.5. The van der Waals surface area contributed by atoms with E-state index in [4.69, 9.17) is 4.74 Å². The molecule has 0 aliphatic carbocycles. The molecule has 0 bridgehead atoms. The molecule has 2 aromatic rings. The molecule has 5 nitrogen and oxygen atoms in total. The van der Waals surface area contributed by atoms with Crippen LogP contribution in [-0.2, 0) is 4.79 Å². The van der Waals surface area contributed by atoms with Crippen molar-refractivity contribution in [3.63, 3.8) is 0 Å². The summed E-state index contributed by atoms with van der Waals surface area (Å²) in [5, 5.41) is -0.193. The van der Waals surface area contributed by atoms with Crippen molar-refractivity contribution in [2.75, 3.05) is 7.11 Å². The van der Waals surface area contributed by atoms with Gasteiger partial charge in [-0.1, -0.05) is 6.92 Å². The number of ether oxygens (including phenoxy) is 1. The lowest BCUT2D eigenvalue weighted by Crippen LogP contribution is -2.36. The van der Waals surface area contributed by atoms with Crippen LogP contribution in [0.5, 0.6) is 5.75 Å². The zero-order chi connectivity index (χ0) is 18.8. The van der Waals surface area contributed by atoms with Crippen molar-refractivity contribution in [1.29, 1.82) is 0 Å². The Morgan fingerprint density at radius 1 is 1.23 bits per heavy atom. The van der Waals surface area contributed by atoms with Crippen LogP contribution in [0.3, 0.4) is 0 Å². The SMILES string of the molecule is CCC(C)N1C(=O)S/C(=C\c2cc(C)n(-c3ccc(OC)cc3)c2)C1=O. The Kier molecular flexibility index (Phi) is 5.23. The van der Waals surface area contributed by atoms with Gasteiger partial charge in [-0.25, -0.2) is 0 Å². The van der Waals surface area contributed by atoms with Crippen LogP contribution in [0.2, 0.25) is 0 Å². The van der Waals surface area contributed by atoms with Gasteiger partial charge in [0.15, 0.2) is 0 Å². The molecule has 0 N–H and O–H groups in total. The molecule has 1 saturated heterocycles. The minimum absolute atomic E-state index is 0.0842. The van der Waals surface area contributed by atoms with E-state index < -0.39 is 0 Å². The number of rotatable bonds is 5. The van der Waals surface area contributed by atoms with Crippen LogP contribution in [0.15, 0.2) is 41.4 Å². The summed E-state index contributed by atoms with van der Waals surface area (Å²) in [5.41, 5.74) is 2.95. The number of aryl methyl sites for hydroxylation is 1. The summed E-state index contributed by atoms with van der Waals surface area (Å²) in [6.45, 7) is 5.87. The molecule has 1 fully saturated rings. The van der Waals surface area contributed by atoms with E-state index >= 15 is 0 Å². The van der Waals surface area contributed by atoms with E-state index in [9.17, 15) is 9.59 Å². The molecule has 26 heavy (non-hydrogen) atoms. The van der Waals surface area contributed by atoms with Crippen molar-refractivity contribution < 1.29 is 14.3 Å². The molecule has 136 valence electrons. The number of carbonyl (C=O) groups is 2. The second-order valence-corrected chi connectivity index (χ2v) is 7.29. The Hall–Kier alpha value is -2.47. The summed E-state index contributed by atoms with van der Waals surface area (Å²) in [7, 11) is 1.64. The average molecular weight is 370 g/mol. The topological polar surface area (TPSA) is 51.5 Å². The predicted octanol–water partition coefficient (Wildman–Crippen LogP) is 4.63. The largest absolute Gasteiger partial charge is 0.497 e. The Morgan fingerprint density at radius 2 is 1.92 bits per heavy atom. The van der Waals surface area contributed by atoms with Crippen molar-refractivity contribution >= 4 is 29.0 Å². The van der Waals surface area contributed by atoms with Crippen molar-refractivity contribution in [2.45, 2.75) is 33.2 Å². The second kappa shape index (κ2) is 7.41. The number of nitrogens with zero attached hydrogens (tertiary/aromatic N) is 2. The van der Waals surface area contributed by atoms with Gasteiger partial charge >= 0.3 is 0 Å². The summed E-state index contributed by atoms with van der Waals surface area (Å²) in [6.07, 6.45) is 4.51. The number of imide groups is 1. The smallest absolute Gasteiger partial charge is 0.293 e. The van der Waals surface area contributed by atoms with Gasteiger partial charge in [0, 0.05) is 23.6 Å². The molecular formula is C20H22N2O3S. The molecule has 2 heterocycles. The molecule has 1 unspecified atom stereocenters. The highest BCUT2D eigenvalue weighted by atomic mass is 32.2. The van der Waals surface area contributed by atoms with Gasteiger partial charge in [0.05, 0.1) is 12.0 Å². The van der Waals surface area contributed by atoms with Crippen LogP contribution < -0.4 is 4.74 Å². The Morgan fingerprint density at radius 3 is 2.54 bits per heavy atom. The lowest BCUT2D eigenvalue weighted by Gasteiger charge is -2.19. The van der Waals surface area contributed by atoms with Crippen LogP contribution in [-0.4, -0.2) is 33.8 Å². The van der Waals surface area contributed by atoms with Crippen molar-refractivity contribution in [1.82, 2.24) is 9.47 Å². The van der Waals surface area contributed by atoms with Crippen LogP contribution in [0.4, 0.5) is 4.79 Å². The zero-order valence-corrected chi connectivity index (χ0v) is 16.2. The van der Waals surface area contributed by atoms with Crippen LogP contribution >= 0.6 is 11.8 Å². The number of thioether (sulfide) groups is 1. The molecule has 1 aliphatic rings. The van der Waals surface area contributed by atoms with Gasteiger partial charge in [-0.15, -0.1) is 0 Å². The molecule has 1 aromatic carbocycles. The number of aromatic nitrogens is 1. The highest BCUT2D eigenvalue weighted by Crippen LogP contribution is 2.34. The third kappa shape index (κ3) is 3.42. The summed E-state index contributed by atoms with van der Waals surface area (Å²) in [5.74, 6) is 0.599. The fraction of sp³-hybridized carbons (Fsp3) is 0.300. The lowest BCUT2D eigenvalue weighted by atomic mass is 10.2.